The lowest BCUT2D eigenvalue weighted by Gasteiger charge is -2.33. The number of hydrogen-bond donors (Lipinski definition) is 2. The van der Waals surface area contributed by atoms with Gasteiger partial charge in [-0.1, -0.05) is 6.07 Å². The zero-order chi connectivity index (χ0) is 19.0. The van der Waals surface area contributed by atoms with E-state index in [1.54, 1.807) is 11.3 Å². The van der Waals surface area contributed by atoms with Crippen LogP contribution in [0.1, 0.15) is 37.0 Å². The van der Waals surface area contributed by atoms with Gasteiger partial charge in [0.25, 0.3) is 5.91 Å². The van der Waals surface area contributed by atoms with Gasteiger partial charge in [0, 0.05) is 39.5 Å². The van der Waals surface area contributed by atoms with Crippen molar-refractivity contribution < 1.29 is 14.0 Å². The zero-order valence-electron chi connectivity index (χ0n) is 14.8. The van der Waals surface area contributed by atoms with Gasteiger partial charge in [-0.2, -0.15) is 0 Å². The number of allylic oxidation sites excluding steroid dienone is 3. The van der Waals surface area contributed by atoms with Crippen LogP contribution in [0.15, 0.2) is 64.3 Å². The van der Waals surface area contributed by atoms with E-state index in [0.717, 1.165) is 29.1 Å². The molecule has 1 aliphatic carbocycles. The van der Waals surface area contributed by atoms with E-state index in [4.69, 9.17) is 0 Å². The predicted molar refractivity (Wildman–Crippen MR) is 104 cm³/mol. The number of hydrogen-bond acceptors (Lipinski definition) is 4. The Labute approximate surface area is 160 Å². The monoisotopic (exact) mass is 382 g/mol. The van der Waals surface area contributed by atoms with Crippen LogP contribution in [0.4, 0.5) is 10.1 Å². The summed E-state index contributed by atoms with van der Waals surface area (Å²) in [6, 6.07) is 9.55. The average molecular weight is 382 g/mol. The molecular weight excluding hydrogens is 363 g/mol. The van der Waals surface area contributed by atoms with E-state index >= 15 is 0 Å². The molecule has 4 rings (SSSR count). The van der Waals surface area contributed by atoms with E-state index in [9.17, 15) is 14.0 Å². The third-order valence-corrected chi connectivity index (χ3v) is 5.89. The first-order valence-corrected chi connectivity index (χ1v) is 9.77. The molecule has 2 heterocycles. The van der Waals surface area contributed by atoms with Gasteiger partial charge in [0.05, 0.1) is 5.92 Å². The van der Waals surface area contributed by atoms with Gasteiger partial charge >= 0.3 is 0 Å². The first-order chi connectivity index (χ1) is 13.0. The SMILES string of the molecule is CC1=C(C(=O)Nc2ccc(F)cc2)[C@H](c2cccs2)C2=C(CCCC2=O)N1. The first kappa shape index (κ1) is 17.7. The first-order valence-electron chi connectivity index (χ1n) is 8.89. The maximum Gasteiger partial charge on any atom is 0.254 e. The molecule has 2 N–H and O–H groups in total. The summed E-state index contributed by atoms with van der Waals surface area (Å²) in [4.78, 5) is 26.8. The van der Waals surface area contributed by atoms with Gasteiger partial charge in [-0.05, 0) is 55.5 Å². The van der Waals surface area contributed by atoms with E-state index in [0.29, 0.717) is 23.3 Å². The molecule has 6 heteroatoms. The maximum atomic E-state index is 13.1. The molecule has 0 bridgehead atoms. The van der Waals surface area contributed by atoms with E-state index in [1.165, 1.54) is 24.3 Å². The molecule has 1 aliphatic heterocycles. The van der Waals surface area contributed by atoms with Crippen molar-refractivity contribution in [1.29, 1.82) is 0 Å². The quantitative estimate of drug-likeness (QED) is 0.822. The molecule has 27 heavy (non-hydrogen) atoms. The summed E-state index contributed by atoms with van der Waals surface area (Å²) < 4.78 is 13.1. The molecule has 0 unspecified atom stereocenters. The van der Waals surface area contributed by atoms with Crippen molar-refractivity contribution in [2.75, 3.05) is 5.32 Å². The van der Waals surface area contributed by atoms with Gasteiger partial charge in [-0.25, -0.2) is 4.39 Å². The number of carbonyl (C=O) groups is 2. The number of nitrogens with one attached hydrogen (secondary N) is 2. The molecule has 138 valence electrons. The van der Waals surface area contributed by atoms with Gasteiger partial charge in [0.2, 0.25) is 0 Å². The van der Waals surface area contributed by atoms with Crippen molar-refractivity contribution >= 4 is 28.7 Å². The molecule has 0 saturated carbocycles. The van der Waals surface area contributed by atoms with Crippen LogP contribution in [0.3, 0.4) is 0 Å². The van der Waals surface area contributed by atoms with Gasteiger partial charge in [0.1, 0.15) is 5.82 Å². The number of rotatable bonds is 3. The molecular formula is C21H19FN2O2S. The highest BCUT2D eigenvalue weighted by atomic mass is 32.1. The third kappa shape index (κ3) is 3.32. The minimum atomic E-state index is -0.366. The lowest BCUT2D eigenvalue weighted by molar-refractivity contribution is -0.116. The normalized spacial score (nSPS) is 19.6. The van der Waals surface area contributed by atoms with Crippen LogP contribution in [-0.4, -0.2) is 11.7 Å². The minimum absolute atomic E-state index is 0.0988. The molecule has 1 aromatic heterocycles. The number of dihydropyridines is 1. The smallest absolute Gasteiger partial charge is 0.254 e. The highest BCUT2D eigenvalue weighted by Gasteiger charge is 2.38. The van der Waals surface area contributed by atoms with E-state index in [-0.39, 0.29) is 23.4 Å². The topological polar surface area (TPSA) is 58.2 Å². The zero-order valence-corrected chi connectivity index (χ0v) is 15.7. The molecule has 2 aromatic rings. The number of Topliss-reactive ketones (excluding diaryl/α,β-unsaturated/α-hetero) is 1. The van der Waals surface area contributed by atoms with E-state index in [1.807, 2.05) is 24.4 Å². The molecule has 1 atom stereocenters. The maximum absolute atomic E-state index is 13.1. The Balaban J connectivity index is 1.74. The van der Waals surface area contributed by atoms with E-state index < -0.39 is 0 Å². The highest BCUT2D eigenvalue weighted by molar-refractivity contribution is 7.10. The second kappa shape index (κ2) is 7.12. The van der Waals surface area contributed by atoms with Crippen molar-refractivity contribution in [2.45, 2.75) is 32.1 Å². The Bertz CT molecular complexity index is 959. The fraction of sp³-hybridized carbons (Fsp3) is 0.238. The van der Waals surface area contributed by atoms with Crippen LogP contribution in [-0.2, 0) is 9.59 Å². The summed E-state index contributed by atoms with van der Waals surface area (Å²) >= 11 is 1.54. The number of benzene rings is 1. The summed E-state index contributed by atoms with van der Waals surface area (Å²) in [5.74, 6) is -0.909. The molecule has 0 spiro atoms. The lowest BCUT2D eigenvalue weighted by Crippen LogP contribution is -2.35. The van der Waals surface area contributed by atoms with Crippen LogP contribution in [0.5, 0.6) is 0 Å². The van der Waals surface area contributed by atoms with Crippen LogP contribution in [0, 0.1) is 5.82 Å². The number of halogens is 1. The van der Waals surface area contributed by atoms with Crippen molar-refractivity contribution in [3.8, 4) is 0 Å². The van der Waals surface area contributed by atoms with Crippen molar-refractivity contribution in [3.05, 3.63) is 75.0 Å². The van der Waals surface area contributed by atoms with Crippen LogP contribution in [0.25, 0.3) is 0 Å². The molecule has 2 aliphatic rings. The number of thiophene rings is 1. The van der Waals surface area contributed by atoms with Gasteiger partial charge < -0.3 is 10.6 Å². The standard InChI is InChI=1S/C21H19FN2O2S/c1-12-18(21(26)24-14-9-7-13(22)8-10-14)20(17-6-3-11-27-17)19-15(23-12)4-2-5-16(19)25/h3,6-11,20,23H,2,4-5H2,1H3,(H,24,26)/t20-/m0/s1. The molecule has 1 amide bonds. The lowest BCUT2D eigenvalue weighted by atomic mass is 9.77. The van der Waals surface area contributed by atoms with Gasteiger partial charge in [-0.15, -0.1) is 11.3 Å². The summed E-state index contributed by atoms with van der Waals surface area (Å²) in [6.07, 6.45) is 2.15. The number of amides is 1. The Morgan fingerprint density at radius 3 is 2.70 bits per heavy atom. The molecule has 0 radical (unpaired) electrons. The summed E-state index contributed by atoms with van der Waals surface area (Å²) in [6.45, 7) is 1.86. The van der Waals surface area contributed by atoms with Crippen LogP contribution in [0.2, 0.25) is 0 Å². The van der Waals surface area contributed by atoms with Crippen molar-refractivity contribution in [3.63, 3.8) is 0 Å². The van der Waals surface area contributed by atoms with E-state index in [2.05, 4.69) is 10.6 Å². The van der Waals surface area contributed by atoms with Gasteiger partial charge in [-0.3, -0.25) is 9.59 Å². The minimum Gasteiger partial charge on any atom is -0.362 e. The average Bonchev–Trinajstić information content (AvgIpc) is 3.17. The molecule has 1 aromatic carbocycles. The summed E-state index contributed by atoms with van der Waals surface area (Å²) in [7, 11) is 0. The third-order valence-electron chi connectivity index (χ3n) is 4.95. The van der Waals surface area contributed by atoms with Crippen molar-refractivity contribution in [1.82, 2.24) is 5.32 Å². The Morgan fingerprint density at radius 2 is 2.00 bits per heavy atom. The second-order valence-corrected chi connectivity index (χ2v) is 7.72. The predicted octanol–water partition coefficient (Wildman–Crippen LogP) is 4.49. The molecule has 0 fully saturated rings. The fourth-order valence-electron chi connectivity index (χ4n) is 3.76. The highest BCUT2D eigenvalue weighted by Crippen LogP contribution is 2.43. The van der Waals surface area contributed by atoms with Crippen molar-refractivity contribution in [2.24, 2.45) is 0 Å². The van der Waals surface area contributed by atoms with Crippen LogP contribution < -0.4 is 10.6 Å². The Hall–Kier alpha value is -2.73. The number of anilines is 1. The molecule has 0 saturated heterocycles. The largest absolute Gasteiger partial charge is 0.362 e. The fourth-order valence-corrected chi connectivity index (χ4v) is 4.60. The summed E-state index contributed by atoms with van der Waals surface area (Å²) in [5.41, 5.74) is 3.44. The summed E-state index contributed by atoms with van der Waals surface area (Å²) in [5, 5.41) is 8.08. The second-order valence-electron chi connectivity index (χ2n) is 6.74. The number of carbonyl (C=O) groups excluding carboxylic acids is 2. The Morgan fingerprint density at radius 1 is 1.22 bits per heavy atom. The number of ketones is 1. The Kier molecular flexibility index (Phi) is 4.66. The van der Waals surface area contributed by atoms with Crippen LogP contribution >= 0.6 is 11.3 Å². The van der Waals surface area contributed by atoms with Gasteiger partial charge in [0.15, 0.2) is 5.78 Å². The molecule has 4 nitrogen and oxygen atoms in total.